The molecule has 0 aliphatic rings. The topological polar surface area (TPSA) is 24.7 Å². The fourth-order valence-electron chi connectivity index (χ4n) is 0.264. The van der Waals surface area contributed by atoms with Crippen LogP contribution in [-0.4, -0.2) is 18.6 Å². The molecule has 0 amide bonds. The number of nitrogens with zero attached hydrogens (tertiary/aromatic N) is 2. The van der Waals surface area contributed by atoms with Crippen LogP contribution in [0.5, 0.6) is 0 Å². The summed E-state index contributed by atoms with van der Waals surface area (Å²) in [6.07, 6.45) is -3.63. The second-order valence-corrected chi connectivity index (χ2v) is 2.21. The molecule has 0 unspecified atom stereocenters. The van der Waals surface area contributed by atoms with Gasteiger partial charge in [-0.15, -0.1) is 0 Å². The standard InChI is InChI=1S/C6H6ClF3N2/c1-4(6(8,9)10)12-3-5(7)11-2/h3H,2H2,1H3/b5-3-,12-4+. The lowest BCUT2D eigenvalue weighted by Gasteiger charge is -2.02. The molecule has 0 saturated heterocycles. The fraction of sp³-hybridized carbons (Fsp3) is 0.333. The van der Waals surface area contributed by atoms with Crippen molar-refractivity contribution in [1.82, 2.24) is 0 Å². The minimum absolute atomic E-state index is 0.182. The van der Waals surface area contributed by atoms with Gasteiger partial charge in [0.05, 0.1) is 6.20 Å². The minimum atomic E-state index is -4.42. The van der Waals surface area contributed by atoms with Crippen molar-refractivity contribution in [3.63, 3.8) is 0 Å². The Hall–Kier alpha value is -0.840. The zero-order valence-electron chi connectivity index (χ0n) is 6.19. The zero-order chi connectivity index (χ0) is 9.78. The maximum Gasteiger partial charge on any atom is 0.429 e. The molecule has 0 radical (unpaired) electrons. The lowest BCUT2D eigenvalue weighted by molar-refractivity contribution is -0.0591. The molecule has 0 fully saturated rings. The summed E-state index contributed by atoms with van der Waals surface area (Å²) >= 11 is 5.22. The van der Waals surface area contributed by atoms with Gasteiger partial charge in [0.25, 0.3) is 0 Å². The third kappa shape index (κ3) is 4.12. The van der Waals surface area contributed by atoms with Gasteiger partial charge in [0.2, 0.25) is 0 Å². The SMILES string of the molecule is C=N/C(Cl)=C\N=C(/C)C(F)(F)F. The van der Waals surface area contributed by atoms with E-state index in [0.29, 0.717) is 0 Å². The van der Waals surface area contributed by atoms with E-state index in [1.165, 1.54) is 0 Å². The predicted octanol–water partition coefficient (Wildman–Crippen LogP) is 2.75. The van der Waals surface area contributed by atoms with Crippen LogP contribution in [0, 0.1) is 0 Å². The van der Waals surface area contributed by atoms with Gasteiger partial charge in [-0.25, -0.2) is 0 Å². The highest BCUT2D eigenvalue weighted by molar-refractivity contribution is 6.29. The van der Waals surface area contributed by atoms with Crippen LogP contribution in [-0.2, 0) is 0 Å². The Morgan fingerprint density at radius 3 is 2.33 bits per heavy atom. The molecule has 0 aromatic heterocycles. The highest BCUT2D eigenvalue weighted by atomic mass is 35.5. The summed E-state index contributed by atoms with van der Waals surface area (Å²) in [5, 5.41) is -0.182. The Bertz CT molecular complexity index is 229. The third-order valence-electron chi connectivity index (χ3n) is 0.926. The smallest absolute Gasteiger partial charge is 0.253 e. The van der Waals surface area contributed by atoms with Gasteiger partial charge in [0.1, 0.15) is 10.9 Å². The summed E-state index contributed by atoms with van der Waals surface area (Å²) in [6.45, 7) is 3.84. The van der Waals surface area contributed by atoms with Gasteiger partial charge in [0, 0.05) is 0 Å². The number of rotatable bonds is 2. The van der Waals surface area contributed by atoms with Crippen LogP contribution in [0.15, 0.2) is 21.3 Å². The first-order chi connectivity index (χ1) is 5.38. The average molecular weight is 199 g/mol. The molecule has 0 rings (SSSR count). The van der Waals surface area contributed by atoms with Crippen LogP contribution in [0.3, 0.4) is 0 Å². The van der Waals surface area contributed by atoms with Crippen molar-refractivity contribution < 1.29 is 13.2 Å². The Balaban J connectivity index is 4.49. The highest BCUT2D eigenvalue weighted by Crippen LogP contribution is 2.17. The molecule has 0 atom stereocenters. The molecular formula is C6H6ClF3N2. The summed E-state index contributed by atoms with van der Waals surface area (Å²) in [5.74, 6) is 0. The van der Waals surface area contributed by atoms with Crippen LogP contribution >= 0.6 is 11.6 Å². The van der Waals surface area contributed by atoms with Crippen molar-refractivity contribution in [2.45, 2.75) is 13.1 Å². The molecule has 0 heterocycles. The van der Waals surface area contributed by atoms with Gasteiger partial charge < -0.3 is 0 Å². The number of halogens is 4. The first-order valence-corrected chi connectivity index (χ1v) is 3.19. The second-order valence-electron chi connectivity index (χ2n) is 1.82. The third-order valence-corrected chi connectivity index (χ3v) is 1.14. The number of hydrogen-bond acceptors (Lipinski definition) is 2. The first kappa shape index (κ1) is 11.2. The molecule has 0 aromatic rings. The van der Waals surface area contributed by atoms with Crippen LogP contribution in [0.2, 0.25) is 0 Å². The molecule has 6 heteroatoms. The van der Waals surface area contributed by atoms with Crippen molar-refractivity contribution in [2.75, 3.05) is 0 Å². The van der Waals surface area contributed by atoms with E-state index in [1.54, 1.807) is 0 Å². The van der Waals surface area contributed by atoms with Gasteiger partial charge in [-0.1, -0.05) is 11.6 Å². The molecule has 0 aromatic carbocycles. The van der Waals surface area contributed by atoms with Crippen LogP contribution < -0.4 is 0 Å². The molecular weight excluding hydrogens is 193 g/mol. The Morgan fingerprint density at radius 2 is 2.00 bits per heavy atom. The molecule has 0 spiro atoms. The molecule has 12 heavy (non-hydrogen) atoms. The molecule has 0 aliphatic carbocycles. The Kier molecular flexibility index (Phi) is 3.95. The normalized spacial score (nSPS) is 14.8. The van der Waals surface area contributed by atoms with Crippen LogP contribution in [0.25, 0.3) is 0 Å². The van der Waals surface area contributed by atoms with Crippen molar-refractivity contribution in [3.05, 3.63) is 11.4 Å². The summed E-state index contributed by atoms with van der Waals surface area (Å²) in [4.78, 5) is 6.17. The van der Waals surface area contributed by atoms with Gasteiger partial charge >= 0.3 is 6.18 Å². The first-order valence-electron chi connectivity index (χ1n) is 2.82. The minimum Gasteiger partial charge on any atom is -0.253 e. The molecule has 0 bridgehead atoms. The molecule has 0 N–H and O–H groups in total. The van der Waals surface area contributed by atoms with E-state index in [-0.39, 0.29) is 5.16 Å². The van der Waals surface area contributed by atoms with Crippen molar-refractivity contribution in [3.8, 4) is 0 Å². The Morgan fingerprint density at radius 1 is 1.50 bits per heavy atom. The molecule has 0 saturated carbocycles. The maximum atomic E-state index is 11.8. The van der Waals surface area contributed by atoms with E-state index in [9.17, 15) is 13.2 Å². The lowest BCUT2D eigenvalue weighted by atomic mass is 10.4. The van der Waals surface area contributed by atoms with Gasteiger partial charge in [0.15, 0.2) is 0 Å². The van der Waals surface area contributed by atoms with E-state index in [0.717, 1.165) is 13.1 Å². The predicted molar refractivity (Wildman–Crippen MR) is 42.6 cm³/mol. The van der Waals surface area contributed by atoms with Crippen LogP contribution in [0.4, 0.5) is 13.2 Å². The Labute approximate surface area is 72.5 Å². The van der Waals surface area contributed by atoms with Crippen LogP contribution in [0.1, 0.15) is 6.92 Å². The second kappa shape index (κ2) is 4.25. The maximum absolute atomic E-state index is 11.8. The zero-order valence-corrected chi connectivity index (χ0v) is 6.95. The average Bonchev–Trinajstić information content (AvgIpc) is 1.97. The summed E-state index contributed by atoms with van der Waals surface area (Å²) in [5.41, 5.74) is -0.982. The van der Waals surface area contributed by atoms with Gasteiger partial charge in [-0.05, 0) is 13.6 Å². The fourth-order valence-corrected chi connectivity index (χ4v) is 0.313. The summed E-state index contributed by atoms with van der Waals surface area (Å²) in [6, 6.07) is 0. The van der Waals surface area contributed by atoms with Crippen molar-refractivity contribution in [1.29, 1.82) is 0 Å². The number of aliphatic imine (C=N–C) groups is 2. The summed E-state index contributed by atoms with van der Waals surface area (Å²) < 4.78 is 35.3. The summed E-state index contributed by atoms with van der Waals surface area (Å²) in [7, 11) is 0. The highest BCUT2D eigenvalue weighted by Gasteiger charge is 2.31. The monoisotopic (exact) mass is 198 g/mol. The number of hydrogen-bond donors (Lipinski definition) is 0. The van der Waals surface area contributed by atoms with E-state index in [1.807, 2.05) is 0 Å². The largest absolute Gasteiger partial charge is 0.429 e. The van der Waals surface area contributed by atoms with Gasteiger partial charge in [-0.3, -0.25) is 9.98 Å². The quantitative estimate of drug-likeness (QED) is 0.482. The van der Waals surface area contributed by atoms with Crippen molar-refractivity contribution in [2.24, 2.45) is 9.98 Å². The van der Waals surface area contributed by atoms with E-state index in [2.05, 4.69) is 16.7 Å². The molecule has 2 nitrogen and oxygen atoms in total. The van der Waals surface area contributed by atoms with Gasteiger partial charge in [-0.2, -0.15) is 13.2 Å². The van der Waals surface area contributed by atoms with E-state index in [4.69, 9.17) is 11.6 Å². The van der Waals surface area contributed by atoms with E-state index < -0.39 is 11.9 Å². The number of alkyl halides is 3. The molecule has 0 aliphatic heterocycles. The lowest BCUT2D eigenvalue weighted by Crippen LogP contribution is -2.18. The van der Waals surface area contributed by atoms with E-state index >= 15 is 0 Å². The molecule has 68 valence electrons. The van der Waals surface area contributed by atoms with Crippen molar-refractivity contribution >= 4 is 24.0 Å².